The summed E-state index contributed by atoms with van der Waals surface area (Å²) in [5.74, 6) is 0. The Morgan fingerprint density at radius 2 is 2.18 bits per heavy atom. The summed E-state index contributed by atoms with van der Waals surface area (Å²) in [5.41, 5.74) is 9.77. The summed E-state index contributed by atoms with van der Waals surface area (Å²) in [6.45, 7) is 6.31. The Kier molecular flexibility index (Phi) is 3.89. The standard InChI is InChI=1S/C14H19BrN2/c1-10-4-3-7-17(9-10)14-6-5-12(11(2)16)8-13(14)15/h4-6,8,11H,3,7,9,16H2,1-2H3/t11-/m0/s1. The number of nitrogens with two attached hydrogens (primary N) is 1. The van der Waals surface area contributed by atoms with Crippen molar-refractivity contribution in [1.29, 1.82) is 0 Å². The van der Waals surface area contributed by atoms with E-state index in [0.29, 0.717) is 0 Å². The topological polar surface area (TPSA) is 29.3 Å². The average Bonchev–Trinajstić information content (AvgIpc) is 2.28. The van der Waals surface area contributed by atoms with Gasteiger partial charge in [0.15, 0.2) is 0 Å². The minimum atomic E-state index is 0.0864. The van der Waals surface area contributed by atoms with Gasteiger partial charge < -0.3 is 10.6 Å². The van der Waals surface area contributed by atoms with Gasteiger partial charge in [0, 0.05) is 23.6 Å². The van der Waals surface area contributed by atoms with Gasteiger partial charge in [-0.3, -0.25) is 0 Å². The van der Waals surface area contributed by atoms with Crippen molar-refractivity contribution in [1.82, 2.24) is 0 Å². The third-order valence-electron chi connectivity index (χ3n) is 3.17. The first-order valence-electron chi connectivity index (χ1n) is 6.03. The third kappa shape index (κ3) is 2.90. The van der Waals surface area contributed by atoms with Gasteiger partial charge >= 0.3 is 0 Å². The predicted octanol–water partition coefficient (Wildman–Crippen LogP) is 3.63. The molecule has 2 rings (SSSR count). The van der Waals surface area contributed by atoms with Gasteiger partial charge in [0.05, 0.1) is 5.69 Å². The van der Waals surface area contributed by atoms with Crippen LogP contribution in [0.4, 0.5) is 5.69 Å². The SMILES string of the molecule is CC1=CCCN(c2ccc([C@H](C)N)cc2Br)C1. The van der Waals surface area contributed by atoms with Gasteiger partial charge in [-0.1, -0.05) is 17.7 Å². The molecule has 0 amide bonds. The number of hydrogen-bond acceptors (Lipinski definition) is 2. The Bertz CT molecular complexity index is 438. The lowest BCUT2D eigenvalue weighted by atomic mass is 10.1. The summed E-state index contributed by atoms with van der Waals surface area (Å²) < 4.78 is 1.14. The highest BCUT2D eigenvalue weighted by Gasteiger charge is 2.14. The fourth-order valence-electron chi connectivity index (χ4n) is 2.18. The first-order chi connectivity index (χ1) is 8.08. The molecule has 2 N–H and O–H groups in total. The molecule has 3 heteroatoms. The summed E-state index contributed by atoms with van der Waals surface area (Å²) in [6, 6.07) is 6.51. The van der Waals surface area contributed by atoms with Crippen LogP contribution in [-0.2, 0) is 0 Å². The normalized spacial score (nSPS) is 17.9. The van der Waals surface area contributed by atoms with E-state index in [1.54, 1.807) is 0 Å². The molecule has 0 fully saturated rings. The van der Waals surface area contributed by atoms with Crippen molar-refractivity contribution in [3.05, 3.63) is 39.9 Å². The zero-order chi connectivity index (χ0) is 12.4. The van der Waals surface area contributed by atoms with Crippen LogP contribution >= 0.6 is 15.9 Å². The summed E-state index contributed by atoms with van der Waals surface area (Å²) in [5, 5.41) is 0. The lowest BCUT2D eigenvalue weighted by Crippen LogP contribution is -2.29. The van der Waals surface area contributed by atoms with Gasteiger partial charge in [-0.2, -0.15) is 0 Å². The second-order valence-electron chi connectivity index (χ2n) is 4.76. The molecule has 0 aromatic heterocycles. The molecule has 0 saturated heterocycles. The van der Waals surface area contributed by atoms with E-state index in [4.69, 9.17) is 5.73 Å². The lowest BCUT2D eigenvalue weighted by molar-refractivity contribution is 0.785. The van der Waals surface area contributed by atoms with Crippen molar-refractivity contribution in [2.45, 2.75) is 26.3 Å². The number of hydrogen-bond donors (Lipinski definition) is 1. The highest BCUT2D eigenvalue weighted by molar-refractivity contribution is 9.10. The van der Waals surface area contributed by atoms with E-state index in [1.165, 1.54) is 16.8 Å². The first-order valence-corrected chi connectivity index (χ1v) is 6.83. The van der Waals surface area contributed by atoms with Crippen molar-refractivity contribution >= 4 is 21.6 Å². The molecular formula is C14H19BrN2. The molecule has 0 bridgehead atoms. The molecule has 0 aliphatic carbocycles. The highest BCUT2D eigenvalue weighted by atomic mass is 79.9. The Hall–Kier alpha value is -0.800. The molecule has 1 aliphatic heterocycles. The maximum atomic E-state index is 5.89. The van der Waals surface area contributed by atoms with Crippen LogP contribution in [0.3, 0.4) is 0 Å². The Balaban J connectivity index is 2.25. The average molecular weight is 295 g/mol. The molecule has 0 radical (unpaired) electrons. The van der Waals surface area contributed by atoms with Crippen molar-refractivity contribution in [3.63, 3.8) is 0 Å². The van der Waals surface area contributed by atoms with Gasteiger partial charge in [0.1, 0.15) is 0 Å². The summed E-state index contributed by atoms with van der Waals surface area (Å²) in [4.78, 5) is 2.41. The fraction of sp³-hybridized carbons (Fsp3) is 0.429. The van der Waals surface area contributed by atoms with Crippen LogP contribution in [0.5, 0.6) is 0 Å². The van der Waals surface area contributed by atoms with Crippen LogP contribution in [0, 0.1) is 0 Å². The largest absolute Gasteiger partial charge is 0.366 e. The van der Waals surface area contributed by atoms with Crippen LogP contribution < -0.4 is 10.6 Å². The van der Waals surface area contributed by atoms with E-state index in [9.17, 15) is 0 Å². The van der Waals surface area contributed by atoms with Crippen LogP contribution in [-0.4, -0.2) is 13.1 Å². The van der Waals surface area contributed by atoms with Crippen molar-refractivity contribution in [3.8, 4) is 0 Å². The van der Waals surface area contributed by atoms with Crippen LogP contribution in [0.25, 0.3) is 0 Å². The number of halogens is 1. The summed E-state index contributed by atoms with van der Waals surface area (Å²) in [6.07, 6.45) is 3.45. The summed E-state index contributed by atoms with van der Waals surface area (Å²) in [7, 11) is 0. The quantitative estimate of drug-likeness (QED) is 0.844. The maximum absolute atomic E-state index is 5.89. The number of nitrogens with zero attached hydrogens (tertiary/aromatic N) is 1. The van der Waals surface area contributed by atoms with E-state index in [0.717, 1.165) is 24.0 Å². The fourth-order valence-corrected chi connectivity index (χ4v) is 2.83. The van der Waals surface area contributed by atoms with Crippen LogP contribution in [0.1, 0.15) is 31.9 Å². The van der Waals surface area contributed by atoms with Gasteiger partial charge in [0.25, 0.3) is 0 Å². The molecule has 0 spiro atoms. The minimum absolute atomic E-state index is 0.0864. The van der Waals surface area contributed by atoms with E-state index >= 15 is 0 Å². The Morgan fingerprint density at radius 1 is 1.41 bits per heavy atom. The molecule has 92 valence electrons. The number of rotatable bonds is 2. The molecule has 0 saturated carbocycles. The lowest BCUT2D eigenvalue weighted by Gasteiger charge is -2.29. The molecular weight excluding hydrogens is 276 g/mol. The monoisotopic (exact) mass is 294 g/mol. The zero-order valence-electron chi connectivity index (χ0n) is 10.4. The van der Waals surface area contributed by atoms with Crippen molar-refractivity contribution in [2.75, 3.05) is 18.0 Å². The highest BCUT2D eigenvalue weighted by Crippen LogP contribution is 2.30. The summed E-state index contributed by atoms with van der Waals surface area (Å²) >= 11 is 3.65. The molecule has 1 aromatic carbocycles. The Morgan fingerprint density at radius 3 is 2.76 bits per heavy atom. The van der Waals surface area contributed by atoms with Gasteiger partial charge in [0.2, 0.25) is 0 Å². The molecule has 1 atom stereocenters. The second-order valence-corrected chi connectivity index (χ2v) is 5.61. The molecule has 1 heterocycles. The van der Waals surface area contributed by atoms with E-state index in [-0.39, 0.29) is 6.04 Å². The molecule has 17 heavy (non-hydrogen) atoms. The first kappa shape index (κ1) is 12.7. The minimum Gasteiger partial charge on any atom is -0.366 e. The van der Waals surface area contributed by atoms with E-state index in [1.807, 2.05) is 6.92 Å². The van der Waals surface area contributed by atoms with Gasteiger partial charge in [-0.05, 0) is 53.9 Å². The number of benzene rings is 1. The van der Waals surface area contributed by atoms with Crippen LogP contribution in [0.2, 0.25) is 0 Å². The van der Waals surface area contributed by atoms with Crippen LogP contribution in [0.15, 0.2) is 34.3 Å². The molecule has 2 nitrogen and oxygen atoms in total. The smallest absolute Gasteiger partial charge is 0.0513 e. The second kappa shape index (κ2) is 5.23. The molecule has 0 unspecified atom stereocenters. The zero-order valence-corrected chi connectivity index (χ0v) is 12.0. The van der Waals surface area contributed by atoms with Gasteiger partial charge in [-0.25, -0.2) is 0 Å². The van der Waals surface area contributed by atoms with Crippen molar-refractivity contribution in [2.24, 2.45) is 5.73 Å². The van der Waals surface area contributed by atoms with E-state index in [2.05, 4.69) is 52.0 Å². The number of anilines is 1. The maximum Gasteiger partial charge on any atom is 0.0513 e. The van der Waals surface area contributed by atoms with Crippen molar-refractivity contribution < 1.29 is 0 Å². The Labute approximate surface area is 112 Å². The van der Waals surface area contributed by atoms with Gasteiger partial charge in [-0.15, -0.1) is 0 Å². The molecule has 1 aromatic rings. The predicted molar refractivity (Wildman–Crippen MR) is 77.3 cm³/mol. The third-order valence-corrected chi connectivity index (χ3v) is 3.81. The molecule has 1 aliphatic rings. The van der Waals surface area contributed by atoms with E-state index < -0.39 is 0 Å².